The highest BCUT2D eigenvalue weighted by Gasteiger charge is 2.02. The van der Waals surface area contributed by atoms with Crippen LogP contribution in [-0.2, 0) is 0 Å². The van der Waals surface area contributed by atoms with Crippen molar-refractivity contribution >= 4 is 35.5 Å². The van der Waals surface area contributed by atoms with Crippen LogP contribution in [0.5, 0.6) is 5.75 Å². The lowest BCUT2D eigenvalue weighted by Gasteiger charge is -2.01. The van der Waals surface area contributed by atoms with Crippen molar-refractivity contribution in [3.8, 4) is 5.75 Å². The van der Waals surface area contributed by atoms with E-state index < -0.39 is 0 Å². The van der Waals surface area contributed by atoms with Crippen molar-refractivity contribution in [3.63, 3.8) is 0 Å². The summed E-state index contributed by atoms with van der Waals surface area (Å²) in [6.45, 7) is 0. The van der Waals surface area contributed by atoms with Gasteiger partial charge >= 0.3 is 0 Å². The largest absolute Gasteiger partial charge is 0.507 e. The molecule has 0 spiro atoms. The van der Waals surface area contributed by atoms with Crippen molar-refractivity contribution in [2.75, 3.05) is 0 Å². The number of carbonyl (C=O) groups is 1. The Morgan fingerprint density at radius 3 is 2.64 bits per heavy atom. The molecule has 11 heavy (non-hydrogen) atoms. The molecule has 1 aromatic carbocycles. The van der Waals surface area contributed by atoms with Crippen LogP contribution in [-0.4, -0.2) is 19.2 Å². The molecule has 2 nitrogen and oxygen atoms in total. The Balaban J connectivity index is 3.31. The fraction of sp³-hybridized carbons (Fsp3) is 0. The highest BCUT2D eigenvalue weighted by atomic mass is 79.9. The van der Waals surface area contributed by atoms with Crippen LogP contribution in [0.25, 0.3) is 0 Å². The summed E-state index contributed by atoms with van der Waals surface area (Å²) in [5.41, 5.74) is 0.633. The maximum Gasteiger partial charge on any atom is 0.150 e. The average Bonchev–Trinajstić information content (AvgIpc) is 1.99. The van der Waals surface area contributed by atoms with Gasteiger partial charge in [-0.2, -0.15) is 0 Å². The number of phenolic OH excluding ortho intramolecular Hbond substituents is 1. The third-order valence-electron chi connectivity index (χ3n) is 1.25. The maximum atomic E-state index is 10.3. The molecule has 0 aliphatic heterocycles. The molecular weight excluding hydrogens is 207 g/mol. The minimum absolute atomic E-state index is 0.0319. The first-order valence-corrected chi connectivity index (χ1v) is 3.67. The third-order valence-corrected chi connectivity index (χ3v) is 1.86. The SMILES string of the molecule is [B]c1cc(C=O)cc(Br)c1O. The van der Waals surface area contributed by atoms with Gasteiger partial charge in [0, 0.05) is 5.56 Å². The minimum atomic E-state index is -0.0319. The van der Waals surface area contributed by atoms with E-state index in [0.717, 1.165) is 0 Å². The van der Waals surface area contributed by atoms with Gasteiger partial charge in [0.1, 0.15) is 19.9 Å². The van der Waals surface area contributed by atoms with Gasteiger partial charge in [0.2, 0.25) is 0 Å². The molecule has 0 saturated heterocycles. The quantitative estimate of drug-likeness (QED) is 0.549. The second-order valence-corrected chi connectivity index (χ2v) is 2.91. The Kier molecular flexibility index (Phi) is 2.34. The Morgan fingerprint density at radius 1 is 1.55 bits per heavy atom. The molecule has 2 radical (unpaired) electrons. The van der Waals surface area contributed by atoms with E-state index in [0.29, 0.717) is 16.3 Å². The second kappa shape index (κ2) is 3.09. The number of halogens is 1. The smallest absolute Gasteiger partial charge is 0.150 e. The molecule has 0 bridgehead atoms. The third kappa shape index (κ3) is 1.63. The molecule has 1 N–H and O–H groups in total. The summed E-state index contributed by atoms with van der Waals surface area (Å²) in [4.78, 5) is 10.3. The van der Waals surface area contributed by atoms with Crippen molar-refractivity contribution in [2.45, 2.75) is 0 Å². The summed E-state index contributed by atoms with van der Waals surface area (Å²) >= 11 is 3.05. The van der Waals surface area contributed by atoms with Gasteiger partial charge in [-0.3, -0.25) is 4.79 Å². The van der Waals surface area contributed by atoms with Gasteiger partial charge in [-0.15, -0.1) is 0 Å². The van der Waals surface area contributed by atoms with Crippen molar-refractivity contribution < 1.29 is 9.90 Å². The second-order valence-electron chi connectivity index (χ2n) is 2.06. The summed E-state index contributed by atoms with van der Waals surface area (Å²) in [5, 5.41) is 9.14. The molecule has 0 saturated carbocycles. The molecule has 0 aliphatic carbocycles. The predicted octanol–water partition coefficient (Wildman–Crippen LogP) is 0.761. The fourth-order valence-corrected chi connectivity index (χ4v) is 1.20. The van der Waals surface area contributed by atoms with E-state index in [1.807, 2.05) is 0 Å². The maximum absolute atomic E-state index is 10.3. The number of hydrogen-bond donors (Lipinski definition) is 1. The van der Waals surface area contributed by atoms with Gasteiger partial charge in [-0.25, -0.2) is 0 Å². The van der Waals surface area contributed by atoms with Crippen LogP contribution in [0, 0.1) is 0 Å². The highest BCUT2D eigenvalue weighted by molar-refractivity contribution is 9.10. The Labute approximate surface area is 73.8 Å². The molecule has 0 amide bonds. The Bertz CT molecular complexity index is 275. The van der Waals surface area contributed by atoms with Crippen molar-refractivity contribution in [1.29, 1.82) is 0 Å². The van der Waals surface area contributed by atoms with E-state index in [9.17, 15) is 4.79 Å². The van der Waals surface area contributed by atoms with Crippen LogP contribution < -0.4 is 5.46 Å². The number of phenols is 1. The van der Waals surface area contributed by atoms with Crippen LogP contribution >= 0.6 is 15.9 Å². The lowest BCUT2D eigenvalue weighted by Crippen LogP contribution is -2.04. The predicted molar refractivity (Wildman–Crippen MR) is 46.6 cm³/mol. The van der Waals surface area contributed by atoms with Crippen molar-refractivity contribution in [1.82, 2.24) is 0 Å². The Hall–Kier alpha value is -0.765. The Morgan fingerprint density at radius 2 is 2.18 bits per heavy atom. The number of aldehydes is 1. The average molecular weight is 211 g/mol. The summed E-state index contributed by atoms with van der Waals surface area (Å²) in [6, 6.07) is 2.91. The molecule has 54 valence electrons. The number of rotatable bonds is 1. The highest BCUT2D eigenvalue weighted by Crippen LogP contribution is 2.21. The van der Waals surface area contributed by atoms with Gasteiger partial charge in [-0.1, -0.05) is 11.5 Å². The van der Waals surface area contributed by atoms with Gasteiger partial charge in [0.15, 0.2) is 0 Å². The van der Waals surface area contributed by atoms with E-state index >= 15 is 0 Å². The zero-order chi connectivity index (χ0) is 8.43. The number of aromatic hydroxyl groups is 1. The minimum Gasteiger partial charge on any atom is -0.507 e. The molecule has 4 heteroatoms. The van der Waals surface area contributed by atoms with Gasteiger partial charge < -0.3 is 5.11 Å². The van der Waals surface area contributed by atoms with Crippen LogP contribution in [0.1, 0.15) is 10.4 Å². The van der Waals surface area contributed by atoms with Crippen LogP contribution in [0.4, 0.5) is 0 Å². The van der Waals surface area contributed by atoms with Crippen LogP contribution in [0.3, 0.4) is 0 Å². The van der Waals surface area contributed by atoms with Crippen LogP contribution in [0.2, 0.25) is 0 Å². The zero-order valence-corrected chi connectivity index (χ0v) is 7.13. The summed E-state index contributed by atoms with van der Waals surface area (Å²) in [7, 11) is 5.36. The number of carbonyl (C=O) groups excluding carboxylic acids is 1. The standard InChI is InChI=1S/C7H4BBrO2/c8-5-1-4(3-10)2-6(9)7(5)11/h1-3,11H. The monoisotopic (exact) mass is 210 g/mol. The fourth-order valence-electron chi connectivity index (χ4n) is 0.710. The first kappa shape index (κ1) is 8.33. The number of benzene rings is 1. The van der Waals surface area contributed by atoms with E-state index in [4.69, 9.17) is 13.0 Å². The lowest BCUT2D eigenvalue weighted by molar-refractivity contribution is 0.112. The zero-order valence-electron chi connectivity index (χ0n) is 5.54. The summed E-state index contributed by atoms with van der Waals surface area (Å²) in [5.74, 6) is -0.0319. The van der Waals surface area contributed by atoms with Crippen molar-refractivity contribution in [2.24, 2.45) is 0 Å². The molecule has 0 heterocycles. The first-order chi connectivity index (χ1) is 5.15. The van der Waals surface area contributed by atoms with E-state index in [2.05, 4.69) is 15.9 Å². The molecule has 1 aromatic rings. The van der Waals surface area contributed by atoms with E-state index in [1.165, 1.54) is 12.1 Å². The first-order valence-electron chi connectivity index (χ1n) is 2.88. The molecule has 1 rings (SSSR count). The molecule has 0 atom stereocenters. The molecule has 0 fully saturated rings. The molecular formula is C7H4BBrO2. The normalized spacial score (nSPS) is 9.55. The van der Waals surface area contributed by atoms with Crippen molar-refractivity contribution in [3.05, 3.63) is 22.2 Å². The lowest BCUT2D eigenvalue weighted by atomic mass is 9.93. The van der Waals surface area contributed by atoms with Gasteiger partial charge in [0.25, 0.3) is 0 Å². The summed E-state index contributed by atoms with van der Waals surface area (Å²) in [6.07, 6.45) is 0.667. The van der Waals surface area contributed by atoms with Crippen LogP contribution in [0.15, 0.2) is 16.6 Å². The molecule has 0 unspecified atom stereocenters. The molecule has 0 aliphatic rings. The van der Waals surface area contributed by atoms with Gasteiger partial charge in [0.05, 0.1) is 4.47 Å². The topological polar surface area (TPSA) is 37.3 Å². The molecule has 0 aromatic heterocycles. The van der Waals surface area contributed by atoms with Gasteiger partial charge in [-0.05, 0) is 22.0 Å². The van der Waals surface area contributed by atoms with E-state index in [1.54, 1.807) is 0 Å². The number of hydrogen-bond acceptors (Lipinski definition) is 2. The summed E-state index contributed by atoms with van der Waals surface area (Å²) < 4.78 is 0.430. The van der Waals surface area contributed by atoms with E-state index in [-0.39, 0.29) is 11.2 Å².